The molecule has 1 heterocycles. The maximum atomic E-state index is 12.9. The SMILES string of the molecule is CCNC(Cc1ccc(F)cc1)c1ccoc1CC. The lowest BCUT2D eigenvalue weighted by Gasteiger charge is -2.18. The zero-order chi connectivity index (χ0) is 13.7. The third-order valence-corrected chi connectivity index (χ3v) is 3.28. The summed E-state index contributed by atoms with van der Waals surface area (Å²) in [6, 6.07) is 8.93. The molecule has 0 bridgehead atoms. The fourth-order valence-electron chi connectivity index (χ4n) is 2.34. The number of halogens is 1. The molecule has 2 aromatic rings. The van der Waals surface area contributed by atoms with Gasteiger partial charge in [0.05, 0.1) is 6.26 Å². The van der Waals surface area contributed by atoms with Crippen molar-refractivity contribution in [2.24, 2.45) is 0 Å². The van der Waals surface area contributed by atoms with Crippen LogP contribution in [0, 0.1) is 5.82 Å². The fraction of sp³-hybridized carbons (Fsp3) is 0.375. The molecule has 0 amide bonds. The molecule has 1 unspecified atom stereocenters. The van der Waals surface area contributed by atoms with Crippen LogP contribution in [0.25, 0.3) is 0 Å². The molecule has 1 aromatic heterocycles. The quantitative estimate of drug-likeness (QED) is 0.853. The lowest BCUT2D eigenvalue weighted by Crippen LogP contribution is -2.23. The van der Waals surface area contributed by atoms with Gasteiger partial charge in [-0.15, -0.1) is 0 Å². The first kappa shape index (κ1) is 13.8. The zero-order valence-electron chi connectivity index (χ0n) is 11.4. The molecule has 1 N–H and O–H groups in total. The summed E-state index contributed by atoms with van der Waals surface area (Å²) in [7, 11) is 0. The van der Waals surface area contributed by atoms with Gasteiger partial charge < -0.3 is 9.73 Å². The van der Waals surface area contributed by atoms with E-state index in [4.69, 9.17) is 4.42 Å². The molecular weight excluding hydrogens is 241 g/mol. The second kappa shape index (κ2) is 6.53. The van der Waals surface area contributed by atoms with Crippen molar-refractivity contribution >= 4 is 0 Å². The number of benzene rings is 1. The van der Waals surface area contributed by atoms with Gasteiger partial charge in [-0.05, 0) is 36.7 Å². The van der Waals surface area contributed by atoms with Crippen molar-refractivity contribution in [2.45, 2.75) is 32.7 Å². The average molecular weight is 261 g/mol. The molecule has 0 saturated heterocycles. The minimum atomic E-state index is -0.193. The number of aryl methyl sites for hydroxylation is 1. The van der Waals surface area contributed by atoms with E-state index >= 15 is 0 Å². The molecule has 0 spiro atoms. The Morgan fingerprint density at radius 2 is 1.89 bits per heavy atom. The molecule has 0 fully saturated rings. The van der Waals surface area contributed by atoms with Gasteiger partial charge in [-0.2, -0.15) is 0 Å². The average Bonchev–Trinajstić information content (AvgIpc) is 2.89. The monoisotopic (exact) mass is 261 g/mol. The van der Waals surface area contributed by atoms with Crippen LogP contribution in [0.5, 0.6) is 0 Å². The third kappa shape index (κ3) is 3.44. The van der Waals surface area contributed by atoms with Crippen LogP contribution < -0.4 is 5.32 Å². The van der Waals surface area contributed by atoms with E-state index in [-0.39, 0.29) is 11.9 Å². The van der Waals surface area contributed by atoms with E-state index in [0.29, 0.717) is 0 Å². The summed E-state index contributed by atoms with van der Waals surface area (Å²) in [4.78, 5) is 0. The van der Waals surface area contributed by atoms with Crippen LogP contribution in [-0.4, -0.2) is 6.54 Å². The Bertz CT molecular complexity index is 504. The summed E-state index contributed by atoms with van der Waals surface area (Å²) in [6.45, 7) is 5.06. The van der Waals surface area contributed by atoms with Crippen molar-refractivity contribution < 1.29 is 8.81 Å². The summed E-state index contributed by atoms with van der Waals surface area (Å²) < 4.78 is 18.4. The van der Waals surface area contributed by atoms with E-state index in [1.165, 1.54) is 17.7 Å². The number of furan rings is 1. The molecule has 0 aliphatic rings. The first-order valence-corrected chi connectivity index (χ1v) is 6.78. The fourth-order valence-corrected chi connectivity index (χ4v) is 2.34. The largest absolute Gasteiger partial charge is 0.469 e. The molecule has 1 aromatic carbocycles. The minimum absolute atomic E-state index is 0.193. The van der Waals surface area contributed by atoms with Crippen LogP contribution in [0.2, 0.25) is 0 Å². The lowest BCUT2D eigenvalue weighted by atomic mass is 9.98. The Kier molecular flexibility index (Phi) is 4.74. The van der Waals surface area contributed by atoms with Crippen molar-refractivity contribution in [3.8, 4) is 0 Å². The van der Waals surface area contributed by atoms with E-state index in [0.717, 1.165) is 30.7 Å². The number of likely N-dealkylation sites (N-methyl/N-ethyl adjacent to an activating group) is 1. The highest BCUT2D eigenvalue weighted by atomic mass is 19.1. The minimum Gasteiger partial charge on any atom is -0.469 e. The van der Waals surface area contributed by atoms with Crippen molar-refractivity contribution in [1.82, 2.24) is 5.32 Å². The molecule has 2 nitrogen and oxygen atoms in total. The maximum absolute atomic E-state index is 12.9. The molecule has 19 heavy (non-hydrogen) atoms. The first-order chi connectivity index (χ1) is 9.24. The normalized spacial score (nSPS) is 12.6. The van der Waals surface area contributed by atoms with E-state index < -0.39 is 0 Å². The summed E-state index contributed by atoms with van der Waals surface area (Å²) in [5.74, 6) is 0.828. The van der Waals surface area contributed by atoms with Gasteiger partial charge in [-0.25, -0.2) is 4.39 Å². The zero-order valence-corrected chi connectivity index (χ0v) is 11.4. The highest BCUT2D eigenvalue weighted by molar-refractivity contribution is 5.25. The highest BCUT2D eigenvalue weighted by Gasteiger charge is 2.16. The molecule has 0 saturated carbocycles. The standard InChI is InChI=1S/C16H20FNO/c1-3-16-14(9-10-19-16)15(18-4-2)11-12-5-7-13(17)8-6-12/h5-10,15,18H,3-4,11H2,1-2H3. The lowest BCUT2D eigenvalue weighted by molar-refractivity contribution is 0.487. The molecule has 102 valence electrons. The summed E-state index contributed by atoms with van der Waals surface area (Å²) in [6.07, 6.45) is 3.46. The van der Waals surface area contributed by atoms with Gasteiger partial charge in [0.2, 0.25) is 0 Å². The van der Waals surface area contributed by atoms with Crippen LogP contribution >= 0.6 is 0 Å². The molecule has 0 aliphatic heterocycles. The molecule has 1 atom stereocenters. The van der Waals surface area contributed by atoms with Crippen LogP contribution in [0.1, 0.15) is 36.8 Å². The van der Waals surface area contributed by atoms with E-state index in [9.17, 15) is 4.39 Å². The van der Waals surface area contributed by atoms with Crippen LogP contribution in [0.3, 0.4) is 0 Å². The van der Waals surface area contributed by atoms with Crippen LogP contribution in [-0.2, 0) is 12.8 Å². The summed E-state index contributed by atoms with van der Waals surface area (Å²) >= 11 is 0. The Morgan fingerprint density at radius 1 is 1.16 bits per heavy atom. The van der Waals surface area contributed by atoms with Crippen molar-refractivity contribution in [3.05, 3.63) is 59.3 Å². The van der Waals surface area contributed by atoms with Crippen LogP contribution in [0.15, 0.2) is 41.0 Å². The van der Waals surface area contributed by atoms with Gasteiger partial charge in [0, 0.05) is 18.0 Å². The second-order valence-corrected chi connectivity index (χ2v) is 4.59. The van der Waals surface area contributed by atoms with Crippen molar-refractivity contribution in [2.75, 3.05) is 6.54 Å². The molecule has 3 heteroatoms. The van der Waals surface area contributed by atoms with E-state index in [2.05, 4.69) is 19.2 Å². The van der Waals surface area contributed by atoms with Crippen molar-refractivity contribution in [1.29, 1.82) is 0 Å². The Labute approximate surface area is 113 Å². The molecule has 0 aliphatic carbocycles. The molecule has 2 rings (SSSR count). The number of rotatable bonds is 6. The van der Waals surface area contributed by atoms with Gasteiger partial charge in [-0.1, -0.05) is 26.0 Å². The Hall–Kier alpha value is -1.61. The molecular formula is C16H20FNO. The predicted molar refractivity (Wildman–Crippen MR) is 74.6 cm³/mol. The highest BCUT2D eigenvalue weighted by Crippen LogP contribution is 2.23. The van der Waals surface area contributed by atoms with Crippen LogP contribution in [0.4, 0.5) is 4.39 Å². The number of hydrogen-bond acceptors (Lipinski definition) is 2. The second-order valence-electron chi connectivity index (χ2n) is 4.59. The Balaban J connectivity index is 2.18. The third-order valence-electron chi connectivity index (χ3n) is 3.28. The van der Waals surface area contributed by atoms with Gasteiger partial charge in [0.25, 0.3) is 0 Å². The summed E-state index contributed by atoms with van der Waals surface area (Å²) in [5.41, 5.74) is 2.32. The van der Waals surface area contributed by atoms with Gasteiger partial charge >= 0.3 is 0 Å². The summed E-state index contributed by atoms with van der Waals surface area (Å²) in [5, 5.41) is 3.47. The first-order valence-electron chi connectivity index (χ1n) is 6.78. The van der Waals surface area contributed by atoms with Gasteiger partial charge in [0.15, 0.2) is 0 Å². The number of hydrogen-bond donors (Lipinski definition) is 1. The van der Waals surface area contributed by atoms with Gasteiger partial charge in [-0.3, -0.25) is 0 Å². The maximum Gasteiger partial charge on any atom is 0.123 e. The smallest absolute Gasteiger partial charge is 0.123 e. The van der Waals surface area contributed by atoms with E-state index in [1.54, 1.807) is 6.26 Å². The topological polar surface area (TPSA) is 25.2 Å². The van der Waals surface area contributed by atoms with E-state index in [1.807, 2.05) is 18.2 Å². The van der Waals surface area contributed by atoms with Gasteiger partial charge in [0.1, 0.15) is 11.6 Å². The number of nitrogens with one attached hydrogen (secondary N) is 1. The Morgan fingerprint density at radius 3 is 2.53 bits per heavy atom. The molecule has 0 radical (unpaired) electrons. The predicted octanol–water partition coefficient (Wildman–Crippen LogP) is 3.87. The van der Waals surface area contributed by atoms with Crippen molar-refractivity contribution in [3.63, 3.8) is 0 Å².